The van der Waals surface area contributed by atoms with Gasteiger partial charge >= 0.3 is 0 Å². The molecule has 2 aliphatic heterocycles. The smallest absolute Gasteiger partial charge is 0.262 e. The predicted octanol–water partition coefficient (Wildman–Crippen LogP) is 3.82. The normalized spacial score (nSPS) is 15.2. The largest absolute Gasteiger partial charge is 0.454 e. The highest BCUT2D eigenvalue weighted by Crippen LogP contribution is 2.34. The number of carbonyl (C=O) groups excluding carboxylic acids is 1. The Labute approximate surface area is 231 Å². The molecule has 0 saturated carbocycles. The van der Waals surface area contributed by atoms with Crippen LogP contribution in [0.4, 0.5) is 10.1 Å². The number of ether oxygens (including phenoxy) is 2. The summed E-state index contributed by atoms with van der Waals surface area (Å²) in [6.45, 7) is 5.56. The summed E-state index contributed by atoms with van der Waals surface area (Å²) in [6.07, 6.45) is 3.67. The van der Waals surface area contributed by atoms with Crippen LogP contribution in [0, 0.1) is 10.6 Å². The van der Waals surface area contributed by atoms with Gasteiger partial charge in [-0.3, -0.25) is 19.1 Å². The predicted molar refractivity (Wildman–Crippen MR) is 151 cm³/mol. The molecule has 208 valence electrons. The van der Waals surface area contributed by atoms with Gasteiger partial charge in [-0.2, -0.15) is 0 Å². The Morgan fingerprint density at radius 1 is 1.00 bits per heavy atom. The molecule has 0 radical (unpaired) electrons. The topological polar surface area (TPSA) is 91.8 Å². The average Bonchev–Trinajstić information content (AvgIpc) is 3.40. The Hall–Kier alpha value is -3.44. The molecule has 2 aliphatic rings. The number of carbonyl (C=O) groups is 1. The third-order valence-electron chi connectivity index (χ3n) is 7.30. The maximum Gasteiger partial charge on any atom is 0.262 e. The lowest BCUT2D eigenvalue weighted by atomic mass is 10.2. The molecule has 0 spiro atoms. The average molecular weight is 556 g/mol. The first-order chi connectivity index (χ1) is 19.0. The maximum absolute atomic E-state index is 14.0. The summed E-state index contributed by atoms with van der Waals surface area (Å²) in [5, 5.41) is 3.52. The van der Waals surface area contributed by atoms with Gasteiger partial charge in [0, 0.05) is 51.8 Å². The first-order valence-corrected chi connectivity index (χ1v) is 14.0. The van der Waals surface area contributed by atoms with Crippen molar-refractivity contribution in [2.24, 2.45) is 0 Å². The quantitative estimate of drug-likeness (QED) is 0.275. The van der Waals surface area contributed by atoms with Crippen LogP contribution < -0.4 is 25.2 Å². The number of anilines is 1. The van der Waals surface area contributed by atoms with Crippen LogP contribution in [0.15, 0.2) is 41.2 Å². The Kier molecular flexibility index (Phi) is 8.77. The molecule has 2 aromatic carbocycles. The number of rotatable bonds is 11. The number of H-pyrrole nitrogens is 1. The van der Waals surface area contributed by atoms with Gasteiger partial charge in [0.05, 0.1) is 16.6 Å². The van der Waals surface area contributed by atoms with Crippen molar-refractivity contribution in [3.8, 4) is 11.5 Å². The number of nitrogens with zero attached hydrogens (tertiary/aromatic N) is 3. The number of unbranched alkanes of at least 4 members (excludes halogenated alkanes) is 2. The Balaban J connectivity index is 0.965. The number of piperazine rings is 1. The van der Waals surface area contributed by atoms with E-state index in [0.717, 1.165) is 58.4 Å². The molecule has 0 unspecified atom stereocenters. The fraction of sp³-hybridized carbons (Fsp3) is 0.464. The number of benzene rings is 2. The Bertz CT molecular complexity index is 1430. The van der Waals surface area contributed by atoms with Gasteiger partial charge in [0.1, 0.15) is 5.82 Å². The first kappa shape index (κ1) is 27.1. The van der Waals surface area contributed by atoms with Crippen molar-refractivity contribution >= 4 is 34.7 Å². The second-order valence-corrected chi connectivity index (χ2v) is 10.3. The standard InChI is InChI=1S/C28H34FN5O4S/c29-21-7-3-4-8-23(21)33-15-13-32(14-16-33)11-6-10-30-26(35)9-2-1-5-12-34-27(36)20-17-24-25(38-19-37-24)18-22(20)31-28(34)39/h3-4,7-8,17-18H,1-2,5-6,9-16,19H2,(H,30,35)(H,31,39). The number of amides is 1. The van der Waals surface area contributed by atoms with Crippen molar-refractivity contribution in [2.45, 2.75) is 38.6 Å². The molecule has 11 heteroatoms. The van der Waals surface area contributed by atoms with Gasteiger partial charge in [0.25, 0.3) is 5.56 Å². The molecular weight excluding hydrogens is 521 g/mol. The Morgan fingerprint density at radius 2 is 1.77 bits per heavy atom. The first-order valence-electron chi connectivity index (χ1n) is 13.5. The summed E-state index contributed by atoms with van der Waals surface area (Å²) in [5.41, 5.74) is 1.15. The summed E-state index contributed by atoms with van der Waals surface area (Å²) in [5.74, 6) is 1.04. The van der Waals surface area contributed by atoms with Crippen LogP contribution >= 0.6 is 12.2 Å². The summed E-state index contributed by atoms with van der Waals surface area (Å²) in [4.78, 5) is 32.8. The van der Waals surface area contributed by atoms with E-state index in [4.69, 9.17) is 21.7 Å². The summed E-state index contributed by atoms with van der Waals surface area (Å²) >= 11 is 5.40. The molecule has 1 fully saturated rings. The number of aromatic amines is 1. The van der Waals surface area contributed by atoms with E-state index < -0.39 is 0 Å². The molecule has 1 amide bonds. The van der Waals surface area contributed by atoms with Crippen LogP contribution in [0.5, 0.6) is 11.5 Å². The monoisotopic (exact) mass is 555 g/mol. The van der Waals surface area contributed by atoms with Gasteiger partial charge in [0.15, 0.2) is 16.3 Å². The molecule has 2 N–H and O–H groups in total. The number of para-hydroxylation sites is 1. The van der Waals surface area contributed by atoms with Gasteiger partial charge in [-0.05, 0) is 56.2 Å². The molecule has 0 aliphatic carbocycles. The minimum absolute atomic E-state index is 0.0515. The zero-order valence-corrected chi connectivity index (χ0v) is 22.7. The number of halogens is 1. The molecule has 39 heavy (non-hydrogen) atoms. The highest BCUT2D eigenvalue weighted by atomic mass is 32.1. The summed E-state index contributed by atoms with van der Waals surface area (Å²) in [6, 6.07) is 10.3. The molecule has 0 atom stereocenters. The van der Waals surface area contributed by atoms with Gasteiger partial charge in [-0.1, -0.05) is 18.6 Å². The van der Waals surface area contributed by atoms with Crippen molar-refractivity contribution in [3.63, 3.8) is 0 Å². The molecule has 3 aromatic rings. The fourth-order valence-electron chi connectivity index (χ4n) is 5.12. The van der Waals surface area contributed by atoms with E-state index in [-0.39, 0.29) is 24.1 Å². The van der Waals surface area contributed by atoms with E-state index in [1.165, 1.54) is 6.07 Å². The Morgan fingerprint density at radius 3 is 2.56 bits per heavy atom. The molecule has 0 bridgehead atoms. The molecule has 3 heterocycles. The second-order valence-electron chi connectivity index (χ2n) is 9.93. The van der Waals surface area contributed by atoms with Crippen LogP contribution in [0.3, 0.4) is 0 Å². The van der Waals surface area contributed by atoms with Gasteiger partial charge in [0.2, 0.25) is 12.7 Å². The highest BCUT2D eigenvalue weighted by Gasteiger charge is 2.19. The number of nitrogens with one attached hydrogen (secondary N) is 2. The van der Waals surface area contributed by atoms with E-state index in [1.54, 1.807) is 22.8 Å². The lowest BCUT2D eigenvalue weighted by molar-refractivity contribution is -0.121. The van der Waals surface area contributed by atoms with Gasteiger partial charge in [-0.25, -0.2) is 4.39 Å². The third kappa shape index (κ3) is 6.59. The van der Waals surface area contributed by atoms with Crippen LogP contribution in [-0.2, 0) is 11.3 Å². The van der Waals surface area contributed by atoms with Gasteiger partial charge in [-0.15, -0.1) is 0 Å². The van der Waals surface area contributed by atoms with Crippen molar-refractivity contribution in [1.29, 1.82) is 0 Å². The molecule has 5 rings (SSSR count). The van der Waals surface area contributed by atoms with Gasteiger partial charge < -0.3 is 24.7 Å². The van der Waals surface area contributed by atoms with Crippen molar-refractivity contribution in [3.05, 3.63) is 57.3 Å². The second kappa shape index (κ2) is 12.6. The molecule has 9 nitrogen and oxygen atoms in total. The summed E-state index contributed by atoms with van der Waals surface area (Å²) < 4.78 is 26.7. The molecule has 1 saturated heterocycles. The maximum atomic E-state index is 14.0. The fourth-order valence-corrected chi connectivity index (χ4v) is 5.40. The zero-order chi connectivity index (χ0) is 27.2. The zero-order valence-electron chi connectivity index (χ0n) is 21.9. The van der Waals surface area contributed by atoms with E-state index in [0.29, 0.717) is 52.4 Å². The number of hydrogen-bond acceptors (Lipinski definition) is 7. The van der Waals surface area contributed by atoms with E-state index in [1.807, 2.05) is 12.1 Å². The van der Waals surface area contributed by atoms with E-state index in [2.05, 4.69) is 20.1 Å². The van der Waals surface area contributed by atoms with Crippen molar-refractivity contribution < 1.29 is 18.7 Å². The van der Waals surface area contributed by atoms with E-state index >= 15 is 0 Å². The highest BCUT2D eigenvalue weighted by molar-refractivity contribution is 7.71. The molecular formula is C28H34FN5O4S. The molecule has 1 aromatic heterocycles. The summed E-state index contributed by atoms with van der Waals surface area (Å²) in [7, 11) is 0. The van der Waals surface area contributed by atoms with Crippen LogP contribution in [0.2, 0.25) is 0 Å². The number of hydrogen-bond donors (Lipinski definition) is 2. The van der Waals surface area contributed by atoms with Crippen LogP contribution in [0.1, 0.15) is 32.1 Å². The van der Waals surface area contributed by atoms with E-state index in [9.17, 15) is 14.0 Å². The van der Waals surface area contributed by atoms with Crippen molar-refractivity contribution in [2.75, 3.05) is 51.0 Å². The lowest BCUT2D eigenvalue weighted by Crippen LogP contribution is -2.47. The number of fused-ring (bicyclic) bond motifs is 2. The minimum atomic E-state index is -0.172. The van der Waals surface area contributed by atoms with Crippen LogP contribution in [-0.4, -0.2) is 66.4 Å². The third-order valence-corrected chi connectivity index (χ3v) is 7.62. The SMILES string of the molecule is O=C(CCCCCn1c(=S)[nH]c2cc3c(cc2c1=O)OCO3)NCCCN1CCN(c2ccccc2F)CC1. The van der Waals surface area contributed by atoms with Crippen LogP contribution in [0.25, 0.3) is 10.9 Å². The minimum Gasteiger partial charge on any atom is -0.454 e. The lowest BCUT2D eigenvalue weighted by Gasteiger charge is -2.36. The van der Waals surface area contributed by atoms with Crippen molar-refractivity contribution in [1.82, 2.24) is 19.8 Å². The number of aromatic nitrogens is 2.